The maximum atomic E-state index is 11.9. The monoisotopic (exact) mass is 252 g/mol. The number of ether oxygens (including phenoxy) is 1. The van der Waals surface area contributed by atoms with E-state index in [1.165, 1.54) is 12.5 Å². The summed E-state index contributed by atoms with van der Waals surface area (Å²) in [6, 6.07) is 0.477. The minimum Gasteiger partial charge on any atom is -0.378 e. The minimum atomic E-state index is -0.134. The highest BCUT2D eigenvalue weighted by molar-refractivity contribution is 5.92. The lowest BCUT2D eigenvalue weighted by atomic mass is 10.2. The third-order valence-electron chi connectivity index (χ3n) is 3.39. The Kier molecular flexibility index (Phi) is 3.98. The second kappa shape index (κ2) is 5.49. The van der Waals surface area contributed by atoms with Crippen molar-refractivity contribution in [2.24, 2.45) is 0 Å². The molecule has 0 spiro atoms. The molecule has 18 heavy (non-hydrogen) atoms. The molecule has 6 nitrogen and oxygen atoms in total. The number of carbonyl (C=O) groups excluding carboxylic acids is 1. The number of aromatic amines is 1. The van der Waals surface area contributed by atoms with Crippen molar-refractivity contribution >= 4 is 5.91 Å². The van der Waals surface area contributed by atoms with Gasteiger partial charge in [-0.3, -0.25) is 9.69 Å². The van der Waals surface area contributed by atoms with Crippen molar-refractivity contribution in [1.29, 1.82) is 0 Å². The van der Waals surface area contributed by atoms with Crippen molar-refractivity contribution in [3.05, 3.63) is 18.2 Å². The standard InChI is InChI=1S/C12H20N4O2/c1-8(2)16-5-10(11(6-16)18-3)15-12(17)9-4-13-7-14-9/h4,7-8,10-11H,5-6H2,1-3H3,(H,13,14)(H,15,17)/t10-,11-/m0/s1. The van der Waals surface area contributed by atoms with E-state index in [0.717, 1.165) is 13.1 Å². The van der Waals surface area contributed by atoms with E-state index in [2.05, 4.69) is 34.0 Å². The Morgan fingerprint density at radius 3 is 2.94 bits per heavy atom. The van der Waals surface area contributed by atoms with E-state index < -0.39 is 0 Å². The van der Waals surface area contributed by atoms with Gasteiger partial charge in [0.25, 0.3) is 5.91 Å². The van der Waals surface area contributed by atoms with Crippen LogP contribution in [0.1, 0.15) is 24.3 Å². The quantitative estimate of drug-likeness (QED) is 0.805. The van der Waals surface area contributed by atoms with E-state index in [4.69, 9.17) is 4.74 Å². The molecule has 1 aliphatic rings. The SMILES string of the molecule is CO[C@H]1CN(C(C)C)C[C@@H]1NC(=O)c1cnc[nH]1. The van der Waals surface area contributed by atoms with Crippen LogP contribution in [0, 0.1) is 0 Å². The van der Waals surface area contributed by atoms with Crippen molar-refractivity contribution < 1.29 is 9.53 Å². The zero-order chi connectivity index (χ0) is 13.1. The molecule has 0 radical (unpaired) electrons. The number of rotatable bonds is 4. The first-order valence-corrected chi connectivity index (χ1v) is 6.18. The first-order valence-electron chi connectivity index (χ1n) is 6.18. The molecule has 1 fully saturated rings. The Morgan fingerprint density at radius 2 is 2.39 bits per heavy atom. The topological polar surface area (TPSA) is 70.2 Å². The summed E-state index contributed by atoms with van der Waals surface area (Å²) < 4.78 is 5.44. The number of H-pyrrole nitrogens is 1. The molecule has 0 saturated carbocycles. The molecule has 0 aliphatic carbocycles. The van der Waals surface area contributed by atoms with Crippen molar-refractivity contribution in [1.82, 2.24) is 20.2 Å². The molecule has 1 amide bonds. The van der Waals surface area contributed by atoms with Gasteiger partial charge < -0.3 is 15.0 Å². The van der Waals surface area contributed by atoms with E-state index in [1.807, 2.05) is 0 Å². The van der Waals surface area contributed by atoms with E-state index in [1.54, 1.807) is 7.11 Å². The lowest BCUT2D eigenvalue weighted by molar-refractivity contribution is 0.0750. The Balaban J connectivity index is 1.98. The molecule has 0 bridgehead atoms. The fraction of sp³-hybridized carbons (Fsp3) is 0.667. The highest BCUT2D eigenvalue weighted by Gasteiger charge is 2.35. The largest absolute Gasteiger partial charge is 0.378 e. The molecule has 0 aromatic carbocycles. The second-order valence-corrected chi connectivity index (χ2v) is 4.87. The van der Waals surface area contributed by atoms with E-state index in [9.17, 15) is 4.79 Å². The van der Waals surface area contributed by atoms with E-state index >= 15 is 0 Å². The number of nitrogens with zero attached hydrogens (tertiary/aromatic N) is 2. The molecule has 2 N–H and O–H groups in total. The highest BCUT2D eigenvalue weighted by atomic mass is 16.5. The Morgan fingerprint density at radius 1 is 1.61 bits per heavy atom. The number of carbonyl (C=O) groups is 1. The number of imidazole rings is 1. The van der Waals surface area contributed by atoms with Gasteiger partial charge >= 0.3 is 0 Å². The minimum absolute atomic E-state index is 0.0215. The van der Waals surface area contributed by atoms with Crippen LogP contribution in [0.4, 0.5) is 0 Å². The average Bonchev–Trinajstić information content (AvgIpc) is 2.97. The average molecular weight is 252 g/mol. The van der Waals surface area contributed by atoms with E-state index in [-0.39, 0.29) is 18.1 Å². The predicted molar refractivity (Wildman–Crippen MR) is 67.3 cm³/mol. The van der Waals surface area contributed by atoms with Gasteiger partial charge in [-0.25, -0.2) is 4.98 Å². The summed E-state index contributed by atoms with van der Waals surface area (Å²) in [5, 5.41) is 2.99. The van der Waals surface area contributed by atoms with Crippen molar-refractivity contribution in [3.63, 3.8) is 0 Å². The van der Waals surface area contributed by atoms with Crippen LogP contribution in [0.3, 0.4) is 0 Å². The van der Waals surface area contributed by atoms with Crippen molar-refractivity contribution in [2.75, 3.05) is 20.2 Å². The van der Waals surface area contributed by atoms with Crippen LogP contribution >= 0.6 is 0 Å². The molecule has 2 rings (SSSR count). The summed E-state index contributed by atoms with van der Waals surface area (Å²) in [5.74, 6) is -0.134. The van der Waals surface area contributed by atoms with Crippen LogP contribution in [-0.4, -0.2) is 59.2 Å². The summed E-state index contributed by atoms with van der Waals surface area (Å²) in [5.41, 5.74) is 0.479. The van der Waals surface area contributed by atoms with Gasteiger partial charge in [0.1, 0.15) is 5.69 Å². The molecule has 2 atom stereocenters. The Hall–Kier alpha value is -1.40. The summed E-state index contributed by atoms with van der Waals surface area (Å²) in [6.45, 7) is 5.95. The normalized spacial score (nSPS) is 24.7. The molecule has 1 saturated heterocycles. The van der Waals surface area contributed by atoms with Gasteiger partial charge in [0, 0.05) is 26.2 Å². The molecule has 1 aromatic heterocycles. The van der Waals surface area contributed by atoms with Gasteiger partial charge in [0.15, 0.2) is 0 Å². The molecule has 100 valence electrons. The number of likely N-dealkylation sites (tertiary alicyclic amines) is 1. The molecule has 1 aliphatic heterocycles. The number of amides is 1. The maximum absolute atomic E-state index is 11.9. The highest BCUT2D eigenvalue weighted by Crippen LogP contribution is 2.16. The van der Waals surface area contributed by atoms with Crippen LogP contribution in [0.25, 0.3) is 0 Å². The number of aromatic nitrogens is 2. The van der Waals surface area contributed by atoms with Crippen LogP contribution in [0.5, 0.6) is 0 Å². The van der Waals surface area contributed by atoms with Crippen molar-refractivity contribution in [3.8, 4) is 0 Å². The smallest absolute Gasteiger partial charge is 0.269 e. The van der Waals surface area contributed by atoms with Gasteiger partial charge in [0.2, 0.25) is 0 Å². The lowest BCUT2D eigenvalue weighted by Gasteiger charge is -2.19. The first-order chi connectivity index (χ1) is 8.61. The number of methoxy groups -OCH3 is 1. The summed E-state index contributed by atoms with van der Waals surface area (Å²) in [4.78, 5) is 20.9. The van der Waals surface area contributed by atoms with Gasteiger partial charge in [-0.1, -0.05) is 0 Å². The molecular weight excluding hydrogens is 232 g/mol. The zero-order valence-corrected chi connectivity index (χ0v) is 11.0. The predicted octanol–water partition coefficient (Wildman–Crippen LogP) is 0.247. The summed E-state index contributed by atoms with van der Waals surface area (Å²) in [7, 11) is 1.68. The van der Waals surface area contributed by atoms with Gasteiger partial charge in [-0.05, 0) is 13.8 Å². The molecule has 6 heteroatoms. The molecular formula is C12H20N4O2. The van der Waals surface area contributed by atoms with Crippen molar-refractivity contribution in [2.45, 2.75) is 32.0 Å². The van der Waals surface area contributed by atoms with E-state index in [0.29, 0.717) is 11.7 Å². The second-order valence-electron chi connectivity index (χ2n) is 4.87. The number of hydrogen-bond donors (Lipinski definition) is 2. The molecule has 0 unspecified atom stereocenters. The van der Waals surface area contributed by atoms with Crippen LogP contribution in [0.2, 0.25) is 0 Å². The van der Waals surface area contributed by atoms with Crippen LogP contribution in [0.15, 0.2) is 12.5 Å². The number of hydrogen-bond acceptors (Lipinski definition) is 4. The third-order valence-corrected chi connectivity index (χ3v) is 3.39. The first kappa shape index (κ1) is 13.0. The zero-order valence-electron chi connectivity index (χ0n) is 11.0. The fourth-order valence-electron chi connectivity index (χ4n) is 2.23. The molecule has 1 aromatic rings. The third kappa shape index (κ3) is 2.70. The Labute approximate surface area is 107 Å². The van der Waals surface area contributed by atoms with Gasteiger partial charge in [0.05, 0.1) is 24.7 Å². The van der Waals surface area contributed by atoms with Crippen LogP contribution in [-0.2, 0) is 4.74 Å². The number of nitrogens with one attached hydrogen (secondary N) is 2. The maximum Gasteiger partial charge on any atom is 0.269 e. The fourth-order valence-corrected chi connectivity index (χ4v) is 2.23. The Bertz CT molecular complexity index is 391. The lowest BCUT2D eigenvalue weighted by Crippen LogP contribution is -2.43. The molecule has 2 heterocycles. The van der Waals surface area contributed by atoms with Gasteiger partial charge in [-0.15, -0.1) is 0 Å². The van der Waals surface area contributed by atoms with Crippen LogP contribution < -0.4 is 5.32 Å². The summed E-state index contributed by atoms with van der Waals surface area (Å²) >= 11 is 0. The summed E-state index contributed by atoms with van der Waals surface area (Å²) in [6.07, 6.45) is 3.06. The van der Waals surface area contributed by atoms with Gasteiger partial charge in [-0.2, -0.15) is 0 Å².